The minimum Gasteiger partial charge on any atom is -0.370 e. The van der Waals surface area contributed by atoms with E-state index in [4.69, 9.17) is 11.5 Å². The lowest BCUT2D eigenvalue weighted by molar-refractivity contribution is -0.121. The molecular formula is C20H26N6O5S. The molecule has 0 unspecified atom stereocenters. The van der Waals surface area contributed by atoms with Crippen molar-refractivity contribution in [1.82, 2.24) is 4.68 Å². The van der Waals surface area contributed by atoms with Crippen molar-refractivity contribution in [1.29, 1.82) is 0 Å². The Morgan fingerprint density at radius 3 is 2.50 bits per heavy atom. The molecule has 1 amide bonds. The summed E-state index contributed by atoms with van der Waals surface area (Å²) in [4.78, 5) is 40.7. The number of carbonyl (C=O) groups excluding carboxylic acids is 2. The van der Waals surface area contributed by atoms with E-state index >= 15 is 0 Å². The van der Waals surface area contributed by atoms with Crippen LogP contribution in [0.25, 0.3) is 0 Å². The highest BCUT2D eigenvalue weighted by atomic mass is 32.2. The predicted octanol–water partition coefficient (Wildman–Crippen LogP) is -0.104. The molecular weight excluding hydrogens is 436 g/mol. The molecule has 1 atom stereocenters. The Hall–Kier alpha value is -3.67. The summed E-state index contributed by atoms with van der Waals surface area (Å²) in [7, 11) is -3.90. The zero-order valence-electron chi connectivity index (χ0n) is 17.5. The number of anilines is 1. The Bertz CT molecular complexity index is 1130. The summed E-state index contributed by atoms with van der Waals surface area (Å²) in [6.45, 7) is 1.44. The third kappa shape index (κ3) is 6.94. The number of carbonyl (C=O) groups is 2. The number of hydrogen-bond donors (Lipinski definition) is 3. The molecule has 0 saturated carbocycles. The number of nitrogens with two attached hydrogens (primary N) is 2. The molecule has 12 heteroatoms. The van der Waals surface area contributed by atoms with Gasteiger partial charge in [-0.3, -0.25) is 19.3 Å². The van der Waals surface area contributed by atoms with E-state index in [1.54, 1.807) is 30.3 Å². The van der Waals surface area contributed by atoms with E-state index in [0.29, 0.717) is 18.3 Å². The summed E-state index contributed by atoms with van der Waals surface area (Å²) in [5, 5.41) is 0.972. The van der Waals surface area contributed by atoms with Crippen molar-refractivity contribution in [3.05, 3.63) is 64.6 Å². The van der Waals surface area contributed by atoms with Crippen molar-refractivity contribution in [2.24, 2.45) is 16.5 Å². The van der Waals surface area contributed by atoms with E-state index in [-0.39, 0.29) is 30.4 Å². The van der Waals surface area contributed by atoms with Crippen LogP contribution in [0.1, 0.15) is 25.3 Å². The van der Waals surface area contributed by atoms with Crippen LogP contribution < -0.4 is 26.8 Å². The van der Waals surface area contributed by atoms with E-state index < -0.39 is 27.5 Å². The van der Waals surface area contributed by atoms with Gasteiger partial charge in [0.05, 0.1) is 5.75 Å². The number of hydrogen-bond acceptors (Lipinski definition) is 6. The van der Waals surface area contributed by atoms with Gasteiger partial charge in [0.15, 0.2) is 5.96 Å². The molecule has 0 aliphatic carbocycles. The number of amides is 1. The van der Waals surface area contributed by atoms with Crippen molar-refractivity contribution >= 4 is 33.9 Å². The molecule has 172 valence electrons. The maximum absolute atomic E-state index is 13.0. The van der Waals surface area contributed by atoms with Gasteiger partial charge in [-0.2, -0.15) is 0 Å². The summed E-state index contributed by atoms with van der Waals surface area (Å²) >= 11 is 0. The van der Waals surface area contributed by atoms with E-state index in [1.165, 1.54) is 25.3 Å². The fourth-order valence-electron chi connectivity index (χ4n) is 3.03. The Kier molecular flexibility index (Phi) is 8.53. The first-order chi connectivity index (χ1) is 15.1. The van der Waals surface area contributed by atoms with E-state index in [2.05, 4.69) is 9.71 Å². The average Bonchev–Trinajstić information content (AvgIpc) is 2.72. The normalized spacial score (nSPS) is 11.9. The lowest BCUT2D eigenvalue weighted by atomic mass is 10.1. The summed E-state index contributed by atoms with van der Waals surface area (Å²) in [6.07, 6.45) is 2.39. The van der Waals surface area contributed by atoms with Crippen LogP contribution in [0, 0.1) is 0 Å². The number of nitrogens with one attached hydrogen (secondary N) is 1. The van der Waals surface area contributed by atoms with Gasteiger partial charge in [0.1, 0.15) is 18.0 Å². The lowest BCUT2D eigenvalue weighted by Crippen LogP contribution is -2.52. The first kappa shape index (κ1) is 24.6. The zero-order chi connectivity index (χ0) is 23.7. The van der Waals surface area contributed by atoms with Gasteiger partial charge in [-0.15, -0.1) is 0 Å². The van der Waals surface area contributed by atoms with E-state index in [0.717, 1.165) is 9.69 Å². The fraction of sp³-hybridized carbons (Fsp3) is 0.300. The zero-order valence-corrected chi connectivity index (χ0v) is 18.4. The van der Waals surface area contributed by atoms with Gasteiger partial charge in [0, 0.05) is 19.7 Å². The van der Waals surface area contributed by atoms with Crippen molar-refractivity contribution < 1.29 is 18.0 Å². The van der Waals surface area contributed by atoms with Gasteiger partial charge in [-0.1, -0.05) is 30.3 Å². The highest BCUT2D eigenvalue weighted by molar-refractivity contribution is 7.91. The molecule has 11 nitrogen and oxygen atoms in total. The Morgan fingerprint density at radius 1 is 1.22 bits per heavy atom. The van der Waals surface area contributed by atoms with E-state index in [9.17, 15) is 22.8 Å². The number of aromatic nitrogens is 1. The van der Waals surface area contributed by atoms with Gasteiger partial charge in [-0.05, 0) is 30.5 Å². The fourth-order valence-corrected chi connectivity index (χ4v) is 4.22. The second kappa shape index (κ2) is 11.1. The number of aliphatic imine (C=N–C) groups is 1. The molecule has 0 aliphatic heterocycles. The van der Waals surface area contributed by atoms with Crippen LogP contribution in [-0.4, -0.2) is 43.8 Å². The van der Waals surface area contributed by atoms with Gasteiger partial charge < -0.3 is 16.3 Å². The van der Waals surface area contributed by atoms with Crippen LogP contribution in [0.5, 0.6) is 0 Å². The van der Waals surface area contributed by atoms with Gasteiger partial charge in [0.2, 0.25) is 15.9 Å². The topological polar surface area (TPSA) is 170 Å². The highest BCUT2D eigenvalue weighted by Crippen LogP contribution is 2.11. The molecule has 1 heterocycles. The second-order valence-electron chi connectivity index (χ2n) is 6.93. The third-order valence-electron chi connectivity index (χ3n) is 4.37. The summed E-state index contributed by atoms with van der Waals surface area (Å²) < 4.78 is 28.2. The first-order valence-corrected chi connectivity index (χ1v) is 11.4. The molecule has 32 heavy (non-hydrogen) atoms. The van der Waals surface area contributed by atoms with Gasteiger partial charge in [0.25, 0.3) is 5.56 Å². The highest BCUT2D eigenvalue weighted by Gasteiger charge is 2.24. The molecule has 0 fully saturated rings. The van der Waals surface area contributed by atoms with Crippen LogP contribution in [0.2, 0.25) is 0 Å². The molecule has 0 aliphatic rings. The number of pyridine rings is 1. The van der Waals surface area contributed by atoms with Gasteiger partial charge in [-0.25, -0.2) is 18.1 Å². The molecule has 0 radical (unpaired) electrons. The largest absolute Gasteiger partial charge is 0.370 e. The Labute approximate surface area is 185 Å². The van der Waals surface area contributed by atoms with Crippen LogP contribution in [-0.2, 0) is 25.4 Å². The van der Waals surface area contributed by atoms with Crippen LogP contribution in [0.4, 0.5) is 5.69 Å². The average molecular weight is 463 g/mol. The van der Waals surface area contributed by atoms with Crippen molar-refractivity contribution in [3.8, 4) is 0 Å². The quantitative estimate of drug-likeness (QED) is 0.181. The van der Waals surface area contributed by atoms with Crippen molar-refractivity contribution in [2.75, 3.05) is 16.3 Å². The first-order valence-electron chi connectivity index (χ1n) is 9.71. The monoisotopic (exact) mass is 462 g/mol. The number of guanidine groups is 1. The number of benzene rings is 1. The maximum Gasteiger partial charge on any atom is 0.293 e. The predicted molar refractivity (Wildman–Crippen MR) is 122 cm³/mol. The minimum absolute atomic E-state index is 0.0946. The SMILES string of the molecule is CC(=O)N([C@H](C=O)CCCN=C(N)N)n1cccc(NS(=O)(=O)Cc2ccccc2)c1=O. The molecule has 0 bridgehead atoms. The summed E-state index contributed by atoms with van der Waals surface area (Å²) in [6, 6.07) is 10.2. The lowest BCUT2D eigenvalue weighted by Gasteiger charge is -2.28. The number of sulfonamides is 1. The molecule has 1 aromatic heterocycles. The van der Waals surface area contributed by atoms with Crippen LogP contribution in [0.3, 0.4) is 0 Å². The van der Waals surface area contributed by atoms with Crippen molar-refractivity contribution in [3.63, 3.8) is 0 Å². The van der Waals surface area contributed by atoms with Gasteiger partial charge >= 0.3 is 0 Å². The van der Waals surface area contributed by atoms with Crippen LogP contribution >= 0.6 is 0 Å². The summed E-state index contributed by atoms with van der Waals surface area (Å²) in [5.41, 5.74) is 10.0. The van der Waals surface area contributed by atoms with Crippen LogP contribution in [0.15, 0.2) is 58.4 Å². The molecule has 2 aromatic rings. The Balaban J connectivity index is 2.28. The second-order valence-corrected chi connectivity index (χ2v) is 8.66. The number of aldehydes is 1. The molecule has 0 saturated heterocycles. The smallest absolute Gasteiger partial charge is 0.293 e. The third-order valence-corrected chi connectivity index (χ3v) is 5.62. The van der Waals surface area contributed by atoms with Crippen molar-refractivity contribution in [2.45, 2.75) is 31.6 Å². The minimum atomic E-state index is -3.90. The van der Waals surface area contributed by atoms with E-state index in [1.807, 2.05) is 0 Å². The molecule has 5 N–H and O–H groups in total. The molecule has 1 aromatic carbocycles. The standard InChI is InChI=1S/C20H26N6O5S/c1-15(28)26(17(13-27)9-5-11-23-20(21)22)25-12-6-10-18(19(25)29)24-32(30,31)14-16-7-3-2-4-8-16/h2-4,6-8,10,12-13,17,24H,5,9,11,14H2,1H3,(H4,21,22,23)/t17-/m0/s1. The number of nitrogens with zero attached hydrogens (tertiary/aromatic N) is 3. The Morgan fingerprint density at radius 2 is 1.91 bits per heavy atom. The summed E-state index contributed by atoms with van der Waals surface area (Å²) in [5.74, 6) is -1.00. The molecule has 0 spiro atoms. The molecule has 2 rings (SSSR count). The number of rotatable bonds is 11. The maximum atomic E-state index is 13.0.